The summed E-state index contributed by atoms with van der Waals surface area (Å²) in [7, 11) is 1.59. The lowest BCUT2D eigenvalue weighted by Gasteiger charge is -2.06. The number of ether oxygens (including phenoxy) is 2. The van der Waals surface area contributed by atoms with E-state index in [0.717, 1.165) is 5.75 Å². The maximum Gasteiger partial charge on any atom is 0.150 e. The molecule has 0 atom stereocenters. The molecule has 0 saturated carbocycles. The highest BCUT2D eigenvalue weighted by molar-refractivity contribution is 5.82. The Morgan fingerprint density at radius 3 is 2.42 bits per heavy atom. The number of furan rings is 1. The van der Waals surface area contributed by atoms with Gasteiger partial charge in [-0.15, -0.1) is 0 Å². The van der Waals surface area contributed by atoms with Crippen molar-refractivity contribution in [3.63, 3.8) is 0 Å². The van der Waals surface area contributed by atoms with Gasteiger partial charge in [-0.05, 0) is 37.3 Å². The summed E-state index contributed by atoms with van der Waals surface area (Å²) in [5, 5.41) is 10.7. The topological polar surface area (TPSA) is 71.7 Å². The minimum Gasteiger partial charge on any atom is -0.542 e. The van der Waals surface area contributed by atoms with Crippen LogP contribution in [0, 0.1) is 6.92 Å². The second-order valence-electron chi connectivity index (χ2n) is 3.94. The highest BCUT2D eigenvalue weighted by atomic mass is 16.5. The van der Waals surface area contributed by atoms with Crippen LogP contribution in [0.5, 0.6) is 11.5 Å². The molecule has 0 aliphatic carbocycles. The Morgan fingerprint density at radius 2 is 1.89 bits per heavy atom. The van der Waals surface area contributed by atoms with E-state index in [1.807, 2.05) is 0 Å². The first-order valence-electron chi connectivity index (χ1n) is 5.67. The fraction of sp³-hybridized carbons (Fsp3) is 0.214. The summed E-state index contributed by atoms with van der Waals surface area (Å²) in [5.41, 5.74) is 0.676. The van der Waals surface area contributed by atoms with Crippen LogP contribution in [0.4, 0.5) is 0 Å². The summed E-state index contributed by atoms with van der Waals surface area (Å²) in [6.45, 7) is 1.91. The van der Waals surface area contributed by atoms with Crippen LogP contribution in [0.2, 0.25) is 0 Å². The molecule has 0 aliphatic rings. The van der Waals surface area contributed by atoms with Crippen LogP contribution in [0.15, 0.2) is 34.7 Å². The minimum absolute atomic E-state index is 0.189. The molecule has 0 radical (unpaired) electrons. The van der Waals surface area contributed by atoms with E-state index in [0.29, 0.717) is 17.1 Å². The summed E-state index contributed by atoms with van der Waals surface area (Å²) in [4.78, 5) is 10.7. The van der Waals surface area contributed by atoms with Gasteiger partial charge in [0.2, 0.25) is 0 Å². The summed E-state index contributed by atoms with van der Waals surface area (Å²) < 4.78 is 15.6. The zero-order valence-electron chi connectivity index (χ0n) is 10.6. The number of aromatic carboxylic acids is 1. The predicted octanol–water partition coefficient (Wildman–Crippen LogP) is 1.54. The zero-order chi connectivity index (χ0) is 13.8. The lowest BCUT2D eigenvalue weighted by Crippen LogP contribution is -2.21. The molecule has 0 saturated heterocycles. The van der Waals surface area contributed by atoms with Crippen molar-refractivity contribution in [3.8, 4) is 11.5 Å². The van der Waals surface area contributed by atoms with Crippen molar-refractivity contribution in [2.24, 2.45) is 0 Å². The molecule has 5 nitrogen and oxygen atoms in total. The van der Waals surface area contributed by atoms with Gasteiger partial charge in [-0.1, -0.05) is 0 Å². The van der Waals surface area contributed by atoms with Gasteiger partial charge in [0.25, 0.3) is 0 Å². The molecule has 5 heteroatoms. The van der Waals surface area contributed by atoms with E-state index in [4.69, 9.17) is 13.9 Å². The van der Waals surface area contributed by atoms with Gasteiger partial charge >= 0.3 is 0 Å². The monoisotopic (exact) mass is 261 g/mol. The molecule has 0 N–H and O–H groups in total. The quantitative estimate of drug-likeness (QED) is 0.816. The molecular formula is C14H13O5-. The fourth-order valence-electron chi connectivity index (χ4n) is 1.60. The number of methoxy groups -OCH3 is 1. The van der Waals surface area contributed by atoms with E-state index in [1.165, 1.54) is 6.07 Å². The van der Waals surface area contributed by atoms with Crippen LogP contribution in [0.3, 0.4) is 0 Å². The van der Waals surface area contributed by atoms with Crippen molar-refractivity contribution in [3.05, 3.63) is 47.4 Å². The van der Waals surface area contributed by atoms with Crippen LogP contribution < -0.4 is 14.6 Å². The van der Waals surface area contributed by atoms with E-state index in [2.05, 4.69) is 0 Å². The highest BCUT2D eigenvalue weighted by Gasteiger charge is 2.08. The standard InChI is InChI=1S/C14H14O5/c1-9-10(7-13(19-9)14(15)16)8-18-12-5-3-11(17-2)4-6-12/h3-7H,8H2,1-2H3,(H,15,16)/p-1. The van der Waals surface area contributed by atoms with Gasteiger partial charge < -0.3 is 23.8 Å². The lowest BCUT2D eigenvalue weighted by molar-refractivity contribution is -0.257. The van der Waals surface area contributed by atoms with E-state index >= 15 is 0 Å². The molecule has 0 bridgehead atoms. The molecule has 1 aromatic carbocycles. The third-order valence-electron chi connectivity index (χ3n) is 2.68. The first kappa shape index (κ1) is 13.0. The van der Waals surface area contributed by atoms with E-state index in [-0.39, 0.29) is 12.4 Å². The minimum atomic E-state index is -1.33. The largest absolute Gasteiger partial charge is 0.542 e. The summed E-state index contributed by atoms with van der Waals surface area (Å²) in [6, 6.07) is 8.52. The normalized spacial score (nSPS) is 10.2. The Bertz CT molecular complexity index is 568. The highest BCUT2D eigenvalue weighted by Crippen LogP contribution is 2.20. The molecule has 2 aromatic rings. The fourth-order valence-corrected chi connectivity index (χ4v) is 1.60. The van der Waals surface area contributed by atoms with E-state index in [1.54, 1.807) is 38.3 Å². The molecule has 0 amide bonds. The first-order chi connectivity index (χ1) is 9.10. The molecule has 100 valence electrons. The van der Waals surface area contributed by atoms with Crippen LogP contribution in [0.25, 0.3) is 0 Å². The molecule has 0 unspecified atom stereocenters. The van der Waals surface area contributed by atoms with Crippen molar-refractivity contribution < 1.29 is 23.8 Å². The number of carboxylic acid groups (broad SMARTS) is 1. The molecular weight excluding hydrogens is 248 g/mol. The average molecular weight is 261 g/mol. The number of benzene rings is 1. The van der Waals surface area contributed by atoms with Gasteiger partial charge in [-0.2, -0.15) is 0 Å². The number of hydrogen-bond donors (Lipinski definition) is 0. The third-order valence-corrected chi connectivity index (χ3v) is 2.68. The Hall–Kier alpha value is -2.43. The van der Waals surface area contributed by atoms with Crippen molar-refractivity contribution >= 4 is 5.97 Å². The molecule has 0 fully saturated rings. The average Bonchev–Trinajstić information content (AvgIpc) is 2.79. The Kier molecular flexibility index (Phi) is 3.75. The number of carboxylic acids is 1. The first-order valence-corrected chi connectivity index (χ1v) is 5.67. The number of aryl methyl sites for hydroxylation is 1. The van der Waals surface area contributed by atoms with Crippen LogP contribution in [-0.2, 0) is 6.61 Å². The van der Waals surface area contributed by atoms with Crippen LogP contribution in [-0.4, -0.2) is 13.1 Å². The van der Waals surface area contributed by atoms with Crippen molar-refractivity contribution in [2.45, 2.75) is 13.5 Å². The molecule has 2 rings (SSSR count). The predicted molar refractivity (Wildman–Crippen MR) is 65.1 cm³/mol. The van der Waals surface area contributed by atoms with Gasteiger partial charge in [0.05, 0.1) is 7.11 Å². The maximum absolute atomic E-state index is 10.7. The number of rotatable bonds is 5. The second kappa shape index (κ2) is 5.48. The Labute approximate surface area is 110 Å². The molecule has 19 heavy (non-hydrogen) atoms. The van der Waals surface area contributed by atoms with Crippen LogP contribution >= 0.6 is 0 Å². The number of carbonyl (C=O) groups excluding carboxylic acids is 1. The van der Waals surface area contributed by atoms with Crippen molar-refractivity contribution in [1.82, 2.24) is 0 Å². The van der Waals surface area contributed by atoms with Gasteiger partial charge in [0.1, 0.15) is 35.6 Å². The van der Waals surface area contributed by atoms with Gasteiger partial charge in [0.15, 0.2) is 0 Å². The molecule has 0 spiro atoms. The lowest BCUT2D eigenvalue weighted by atomic mass is 10.2. The van der Waals surface area contributed by atoms with Gasteiger partial charge in [-0.25, -0.2) is 0 Å². The van der Waals surface area contributed by atoms with Gasteiger partial charge in [-0.3, -0.25) is 0 Å². The zero-order valence-corrected chi connectivity index (χ0v) is 10.6. The summed E-state index contributed by atoms with van der Waals surface area (Å²) in [6.07, 6.45) is 0. The summed E-state index contributed by atoms with van der Waals surface area (Å²) in [5.74, 6) is 0.389. The molecule has 0 aliphatic heterocycles. The Balaban J connectivity index is 2.03. The Morgan fingerprint density at radius 1 is 1.26 bits per heavy atom. The number of carbonyl (C=O) groups is 1. The van der Waals surface area contributed by atoms with Crippen molar-refractivity contribution in [2.75, 3.05) is 7.11 Å². The third kappa shape index (κ3) is 3.07. The molecule has 1 aromatic heterocycles. The van der Waals surface area contributed by atoms with Crippen LogP contribution in [0.1, 0.15) is 21.9 Å². The maximum atomic E-state index is 10.7. The SMILES string of the molecule is COc1ccc(OCc2cc(C(=O)[O-])oc2C)cc1. The van der Waals surface area contributed by atoms with Gasteiger partial charge in [0, 0.05) is 5.56 Å². The molecule has 1 heterocycles. The smallest absolute Gasteiger partial charge is 0.150 e. The summed E-state index contributed by atoms with van der Waals surface area (Å²) >= 11 is 0. The second-order valence-corrected chi connectivity index (χ2v) is 3.94. The van der Waals surface area contributed by atoms with Crippen molar-refractivity contribution in [1.29, 1.82) is 0 Å². The number of hydrogen-bond acceptors (Lipinski definition) is 5. The van der Waals surface area contributed by atoms with E-state index in [9.17, 15) is 9.90 Å². The van der Waals surface area contributed by atoms with E-state index < -0.39 is 5.97 Å².